The van der Waals surface area contributed by atoms with E-state index in [9.17, 15) is 0 Å². The van der Waals surface area contributed by atoms with Crippen molar-refractivity contribution in [2.45, 2.75) is 0 Å². The summed E-state index contributed by atoms with van der Waals surface area (Å²) >= 11 is 0. The highest BCUT2D eigenvalue weighted by Crippen LogP contribution is 2.62. The van der Waals surface area contributed by atoms with Crippen molar-refractivity contribution in [2.75, 3.05) is 9.80 Å². The summed E-state index contributed by atoms with van der Waals surface area (Å²) in [4.78, 5) is 4.52. The van der Waals surface area contributed by atoms with Crippen molar-refractivity contribution in [3.05, 3.63) is 206 Å². The van der Waals surface area contributed by atoms with E-state index in [2.05, 4.69) is 152 Å². The third kappa shape index (κ3) is 4.82. The molecular formula is C60H34N4O4. The minimum atomic E-state index is 0.744. The average molecular weight is 875 g/mol. The first-order chi connectivity index (χ1) is 33.7. The molecule has 0 spiro atoms. The molecule has 10 aromatic carbocycles. The second kappa shape index (κ2) is 13.1. The minimum absolute atomic E-state index is 0.744. The highest BCUT2D eigenvalue weighted by atomic mass is 16.5. The quantitative estimate of drug-likeness (QED) is 0.176. The van der Waals surface area contributed by atoms with Gasteiger partial charge in [-0.3, -0.25) is 9.80 Å². The summed E-state index contributed by atoms with van der Waals surface area (Å²) < 4.78 is 31.4. The summed E-state index contributed by atoms with van der Waals surface area (Å²) in [6.07, 6.45) is 0. The van der Waals surface area contributed by atoms with Crippen molar-refractivity contribution in [2.24, 2.45) is 0 Å². The smallest absolute Gasteiger partial charge is 0.157 e. The Bertz CT molecular complexity index is 3790. The number of rotatable bonds is 3. The van der Waals surface area contributed by atoms with Gasteiger partial charge < -0.3 is 28.1 Å². The first-order valence-electron chi connectivity index (χ1n) is 22.8. The minimum Gasteiger partial charge on any atom is -0.453 e. The van der Waals surface area contributed by atoms with Crippen LogP contribution < -0.4 is 28.7 Å². The van der Waals surface area contributed by atoms with E-state index in [1.165, 1.54) is 0 Å². The van der Waals surface area contributed by atoms with Crippen LogP contribution in [-0.4, -0.2) is 9.13 Å². The molecule has 8 heteroatoms. The Balaban J connectivity index is 0.837. The number of ether oxygens (including phenoxy) is 4. The standard InChI is InChI=1S/C60H34N4O4/c1-3-15-43-39(13-1)41-29-35(25-27-45(41)61(43)37-31-55-59-56(32-37)66-52-22-10-6-18-48(52)63(59)47-17-5-9-21-51(47)65-55)36-26-28-46-42(30-36)40-14-2-4-16-44(40)62(46)38-33-57-60-58(34-38)68-54-24-12-8-20-50(54)64(60)49-19-7-11-23-53(49)67-57/h1-34H. The van der Waals surface area contributed by atoms with Crippen LogP contribution in [0.2, 0.25) is 0 Å². The summed E-state index contributed by atoms with van der Waals surface area (Å²) in [5.41, 5.74) is 14.3. The van der Waals surface area contributed by atoms with Crippen LogP contribution >= 0.6 is 0 Å². The van der Waals surface area contributed by atoms with E-state index >= 15 is 0 Å². The number of hydrogen-bond donors (Lipinski definition) is 0. The Labute approximate surface area is 388 Å². The molecule has 0 atom stereocenters. The highest BCUT2D eigenvalue weighted by Gasteiger charge is 2.37. The number of fused-ring (bicyclic) bond motifs is 14. The predicted octanol–water partition coefficient (Wildman–Crippen LogP) is 16.9. The maximum atomic E-state index is 6.69. The molecule has 0 unspecified atom stereocenters. The molecule has 68 heavy (non-hydrogen) atoms. The Morgan fingerprint density at radius 3 is 0.926 bits per heavy atom. The van der Waals surface area contributed by atoms with Crippen LogP contribution in [0.15, 0.2) is 206 Å². The monoisotopic (exact) mass is 874 g/mol. The molecule has 0 radical (unpaired) electrons. The van der Waals surface area contributed by atoms with E-state index in [-0.39, 0.29) is 0 Å². The van der Waals surface area contributed by atoms with Crippen LogP contribution in [-0.2, 0) is 0 Å². The summed E-state index contributed by atoms with van der Waals surface area (Å²) in [5, 5.41) is 4.65. The maximum Gasteiger partial charge on any atom is 0.157 e. The summed E-state index contributed by atoms with van der Waals surface area (Å²) in [7, 11) is 0. The molecule has 0 saturated heterocycles. The van der Waals surface area contributed by atoms with Crippen LogP contribution in [0.4, 0.5) is 34.1 Å². The second-order valence-electron chi connectivity index (χ2n) is 17.7. The van der Waals surface area contributed by atoms with Crippen molar-refractivity contribution in [3.8, 4) is 68.5 Å². The molecule has 318 valence electrons. The van der Waals surface area contributed by atoms with Crippen molar-refractivity contribution >= 4 is 77.7 Å². The molecule has 12 aromatic rings. The lowest BCUT2D eigenvalue weighted by atomic mass is 10.0. The fraction of sp³-hybridized carbons (Fsp3) is 0. The Morgan fingerprint density at radius 1 is 0.250 bits per heavy atom. The molecule has 6 heterocycles. The van der Waals surface area contributed by atoms with Gasteiger partial charge >= 0.3 is 0 Å². The lowest BCUT2D eigenvalue weighted by molar-refractivity contribution is 0.445. The topological polar surface area (TPSA) is 53.3 Å². The molecule has 0 saturated carbocycles. The molecule has 8 nitrogen and oxygen atoms in total. The molecule has 0 aliphatic carbocycles. The van der Waals surface area contributed by atoms with Gasteiger partial charge in [0.1, 0.15) is 11.4 Å². The molecule has 4 aliphatic rings. The molecular weight excluding hydrogens is 841 g/mol. The van der Waals surface area contributed by atoms with Crippen LogP contribution in [0.5, 0.6) is 46.0 Å². The molecule has 0 bridgehead atoms. The zero-order chi connectivity index (χ0) is 44.2. The molecule has 4 aliphatic heterocycles. The van der Waals surface area contributed by atoms with Gasteiger partial charge in [-0.2, -0.15) is 0 Å². The van der Waals surface area contributed by atoms with Gasteiger partial charge in [-0.15, -0.1) is 0 Å². The lowest BCUT2D eigenvalue weighted by Crippen LogP contribution is -2.20. The van der Waals surface area contributed by atoms with E-state index in [4.69, 9.17) is 18.9 Å². The van der Waals surface area contributed by atoms with E-state index in [1.807, 2.05) is 72.8 Å². The number of hydrogen-bond acceptors (Lipinski definition) is 6. The Kier molecular flexibility index (Phi) is 6.92. The van der Waals surface area contributed by atoms with Crippen molar-refractivity contribution in [1.82, 2.24) is 9.13 Å². The molecule has 16 rings (SSSR count). The van der Waals surface area contributed by atoms with E-state index in [1.54, 1.807) is 0 Å². The SMILES string of the molecule is c1ccc2c(c1)Oc1cc(-n3c4ccccc4c4cc(-c5ccc6c(c5)c5ccccc5n6-c5cc6c7c(c5)Oc5ccccc5N7c5ccccc5O6)ccc43)cc3c1N2c1ccccc1O3. The number of nitrogens with zero attached hydrogens (tertiary/aromatic N) is 4. The second-order valence-corrected chi connectivity index (χ2v) is 17.7. The van der Waals surface area contributed by atoms with Crippen molar-refractivity contribution < 1.29 is 18.9 Å². The zero-order valence-electron chi connectivity index (χ0n) is 36.1. The Morgan fingerprint density at radius 2 is 0.559 bits per heavy atom. The molecule has 2 aromatic heterocycles. The fourth-order valence-electron chi connectivity index (χ4n) is 11.1. The van der Waals surface area contributed by atoms with E-state index < -0.39 is 0 Å². The molecule has 0 N–H and O–H groups in total. The number of benzene rings is 10. The van der Waals surface area contributed by atoms with Gasteiger partial charge in [0.15, 0.2) is 46.0 Å². The molecule has 0 fully saturated rings. The first-order valence-corrected chi connectivity index (χ1v) is 22.8. The molecule has 0 amide bonds. The van der Waals surface area contributed by atoms with Gasteiger partial charge in [0, 0.05) is 45.8 Å². The van der Waals surface area contributed by atoms with Crippen LogP contribution in [0.1, 0.15) is 0 Å². The summed E-state index contributed by atoms with van der Waals surface area (Å²) in [6.45, 7) is 0. The van der Waals surface area contributed by atoms with Gasteiger partial charge in [0.05, 0.1) is 56.2 Å². The largest absolute Gasteiger partial charge is 0.453 e. The van der Waals surface area contributed by atoms with Gasteiger partial charge in [-0.25, -0.2) is 0 Å². The van der Waals surface area contributed by atoms with E-state index in [0.29, 0.717) is 0 Å². The van der Waals surface area contributed by atoms with E-state index in [0.717, 1.165) is 146 Å². The van der Waals surface area contributed by atoms with Crippen LogP contribution in [0.3, 0.4) is 0 Å². The van der Waals surface area contributed by atoms with Crippen LogP contribution in [0.25, 0.3) is 66.1 Å². The van der Waals surface area contributed by atoms with Gasteiger partial charge in [-0.1, -0.05) is 97.1 Å². The first kappa shape index (κ1) is 35.9. The number of para-hydroxylation sites is 10. The third-order valence-corrected chi connectivity index (χ3v) is 14.0. The number of anilines is 6. The average Bonchev–Trinajstić information content (AvgIpc) is 3.90. The van der Waals surface area contributed by atoms with Gasteiger partial charge in [0.25, 0.3) is 0 Å². The third-order valence-electron chi connectivity index (χ3n) is 14.0. The highest BCUT2D eigenvalue weighted by molar-refractivity contribution is 6.13. The normalized spacial score (nSPS) is 13.4. The summed E-state index contributed by atoms with van der Waals surface area (Å²) in [6, 6.07) is 72.3. The Hall–Kier alpha value is -9.40. The van der Waals surface area contributed by atoms with Crippen LogP contribution in [0, 0.1) is 0 Å². The summed E-state index contributed by atoms with van der Waals surface area (Å²) in [5.74, 6) is 6.18. The van der Waals surface area contributed by atoms with Gasteiger partial charge in [-0.05, 0) is 96.1 Å². The fourth-order valence-corrected chi connectivity index (χ4v) is 11.1. The number of aromatic nitrogens is 2. The van der Waals surface area contributed by atoms with Crippen molar-refractivity contribution in [1.29, 1.82) is 0 Å². The maximum absolute atomic E-state index is 6.69. The lowest BCUT2D eigenvalue weighted by Gasteiger charge is -2.38. The predicted molar refractivity (Wildman–Crippen MR) is 270 cm³/mol. The van der Waals surface area contributed by atoms with Gasteiger partial charge in [0.2, 0.25) is 0 Å². The zero-order valence-corrected chi connectivity index (χ0v) is 36.1. The van der Waals surface area contributed by atoms with Crippen molar-refractivity contribution in [3.63, 3.8) is 0 Å².